The fourth-order valence-electron chi connectivity index (χ4n) is 5.66. The van der Waals surface area contributed by atoms with E-state index >= 15 is 0 Å². The Morgan fingerprint density at radius 2 is 1.89 bits per heavy atom. The first-order chi connectivity index (χ1) is 21.1. The highest BCUT2D eigenvalue weighted by Gasteiger charge is 2.39. The molecule has 1 aliphatic rings. The molecule has 1 aliphatic heterocycles. The van der Waals surface area contributed by atoms with Crippen LogP contribution >= 0.6 is 0 Å². The zero-order chi connectivity index (χ0) is 31.2. The second-order valence-electron chi connectivity index (χ2n) is 10.4. The van der Waals surface area contributed by atoms with Crippen LogP contribution in [0.5, 0.6) is 0 Å². The van der Waals surface area contributed by atoms with Crippen molar-refractivity contribution in [3.8, 4) is 11.1 Å². The molecule has 0 unspecified atom stereocenters. The predicted molar refractivity (Wildman–Crippen MR) is 155 cm³/mol. The highest BCUT2D eigenvalue weighted by Crippen LogP contribution is 2.41. The Kier molecular flexibility index (Phi) is 7.39. The van der Waals surface area contributed by atoms with Crippen LogP contribution in [0, 0.1) is 0 Å². The lowest BCUT2D eigenvalue weighted by molar-refractivity contribution is -0.141. The number of hydrogen-bond donors (Lipinski definition) is 0. The van der Waals surface area contributed by atoms with Crippen molar-refractivity contribution in [3.05, 3.63) is 89.2 Å². The summed E-state index contributed by atoms with van der Waals surface area (Å²) < 4.78 is 50.4. The number of benzene rings is 1. The second-order valence-corrected chi connectivity index (χ2v) is 10.4. The third-order valence-corrected chi connectivity index (χ3v) is 7.56. The molecule has 0 radical (unpaired) electrons. The highest BCUT2D eigenvalue weighted by molar-refractivity contribution is 6.14. The molecule has 0 fully saturated rings. The summed E-state index contributed by atoms with van der Waals surface area (Å²) in [6.45, 7) is 4.25. The van der Waals surface area contributed by atoms with E-state index in [1.54, 1.807) is 59.4 Å². The number of fused-ring (bicyclic) bond motifs is 2. The van der Waals surface area contributed by atoms with Crippen LogP contribution in [-0.2, 0) is 37.3 Å². The van der Waals surface area contributed by atoms with Gasteiger partial charge in [-0.1, -0.05) is 6.92 Å². The van der Waals surface area contributed by atoms with E-state index in [1.807, 2.05) is 6.92 Å². The van der Waals surface area contributed by atoms with Crippen LogP contribution in [0.2, 0.25) is 0 Å². The van der Waals surface area contributed by atoms with Gasteiger partial charge in [0.2, 0.25) is 0 Å². The number of amides is 1. The monoisotopic (exact) mass is 603 g/mol. The van der Waals surface area contributed by atoms with Crippen LogP contribution in [0.15, 0.2) is 55.4 Å². The summed E-state index contributed by atoms with van der Waals surface area (Å²) in [5.74, 6) is -0.990. The van der Waals surface area contributed by atoms with Gasteiger partial charge in [-0.3, -0.25) is 14.5 Å². The smallest absolute Gasteiger partial charge is 0.435 e. The molecule has 0 N–H and O–H groups in total. The van der Waals surface area contributed by atoms with Crippen LogP contribution in [-0.4, -0.2) is 54.3 Å². The van der Waals surface area contributed by atoms with Gasteiger partial charge in [0, 0.05) is 67.1 Å². The van der Waals surface area contributed by atoms with Gasteiger partial charge in [0.25, 0.3) is 5.91 Å². The first kappa shape index (κ1) is 29.0. The van der Waals surface area contributed by atoms with Crippen LogP contribution in [0.4, 0.5) is 18.9 Å². The number of imidazole rings is 1. The van der Waals surface area contributed by atoms with E-state index in [0.717, 1.165) is 4.68 Å². The third-order valence-electron chi connectivity index (χ3n) is 7.56. The fraction of sp³-hybridized carbons (Fsp3) is 0.290. The lowest BCUT2D eigenvalue weighted by Crippen LogP contribution is -2.38. The molecule has 44 heavy (non-hydrogen) atoms. The van der Waals surface area contributed by atoms with Crippen molar-refractivity contribution < 1.29 is 27.5 Å². The summed E-state index contributed by atoms with van der Waals surface area (Å²) in [4.78, 5) is 41.6. The lowest BCUT2D eigenvalue weighted by Gasteiger charge is -2.31. The SMILES string of the molecule is CCOC(=O)c1nc(CC)cc2c(N3CCc4c(cc(Cn5ccnc5)cc4-c4cn(C)nc4C(F)(F)F)C3=O)ccnc12. The van der Waals surface area contributed by atoms with Gasteiger partial charge in [0.15, 0.2) is 11.4 Å². The van der Waals surface area contributed by atoms with E-state index in [9.17, 15) is 22.8 Å². The summed E-state index contributed by atoms with van der Waals surface area (Å²) in [6, 6.07) is 6.91. The Labute approximate surface area is 250 Å². The first-order valence-electron chi connectivity index (χ1n) is 14.1. The van der Waals surface area contributed by atoms with Crippen molar-refractivity contribution in [1.29, 1.82) is 0 Å². The number of esters is 1. The zero-order valence-corrected chi connectivity index (χ0v) is 24.2. The van der Waals surface area contributed by atoms with E-state index in [-0.39, 0.29) is 36.7 Å². The van der Waals surface area contributed by atoms with Crippen LogP contribution in [0.25, 0.3) is 22.0 Å². The molecule has 226 valence electrons. The van der Waals surface area contributed by atoms with Crippen LogP contribution in [0.1, 0.15) is 57.2 Å². The standard InChI is InChI=1S/C31H28F3N7O3/c1-4-19-14-23-25(6-8-36-26(23)27(37-19)30(43)44-5-2)41-10-7-20-21(24-16-39(3)38-28(24)31(32,33)34)12-18(13-22(20)29(41)42)15-40-11-9-35-17-40/h6,8-9,11-14,16-17H,4-5,7,10,15H2,1-3H3. The molecule has 6 rings (SSSR count). The summed E-state index contributed by atoms with van der Waals surface area (Å²) >= 11 is 0. The Bertz CT molecular complexity index is 1900. The van der Waals surface area contributed by atoms with E-state index in [0.29, 0.717) is 57.5 Å². The summed E-state index contributed by atoms with van der Waals surface area (Å²) in [6.07, 6.45) is 3.91. The van der Waals surface area contributed by atoms with E-state index in [4.69, 9.17) is 4.74 Å². The molecular formula is C31H28F3N7O3. The quantitative estimate of drug-likeness (QED) is 0.234. The molecule has 1 aromatic carbocycles. The van der Waals surface area contributed by atoms with E-state index < -0.39 is 17.8 Å². The maximum absolute atomic E-state index is 14.3. The molecule has 0 aliphatic carbocycles. The van der Waals surface area contributed by atoms with Gasteiger partial charge in [-0.25, -0.2) is 14.8 Å². The van der Waals surface area contributed by atoms with E-state index in [1.165, 1.54) is 19.4 Å². The average Bonchev–Trinajstić information content (AvgIpc) is 3.66. The number of carbonyl (C=O) groups is 2. The molecule has 0 atom stereocenters. The molecular weight excluding hydrogens is 575 g/mol. The molecule has 10 nitrogen and oxygen atoms in total. The van der Waals surface area contributed by atoms with Crippen molar-refractivity contribution in [2.24, 2.45) is 7.05 Å². The maximum Gasteiger partial charge on any atom is 0.435 e. The molecule has 5 aromatic rings. The number of ether oxygens (including phenoxy) is 1. The number of pyridine rings is 2. The van der Waals surface area contributed by atoms with E-state index in [2.05, 4.69) is 20.1 Å². The number of halogens is 3. The molecule has 1 amide bonds. The molecule has 0 saturated heterocycles. The Morgan fingerprint density at radius 3 is 2.59 bits per heavy atom. The molecule has 13 heteroatoms. The average molecular weight is 604 g/mol. The lowest BCUT2D eigenvalue weighted by atomic mass is 9.88. The predicted octanol–water partition coefficient (Wildman–Crippen LogP) is 5.24. The van der Waals surface area contributed by atoms with Gasteiger partial charge in [-0.2, -0.15) is 18.3 Å². The Morgan fingerprint density at radius 1 is 1.09 bits per heavy atom. The number of carbonyl (C=O) groups excluding carboxylic acids is 2. The Balaban J connectivity index is 1.52. The molecule has 4 aromatic heterocycles. The molecule has 0 saturated carbocycles. The van der Waals surface area contributed by atoms with Crippen LogP contribution < -0.4 is 4.90 Å². The second kappa shape index (κ2) is 11.2. The number of hydrogen-bond acceptors (Lipinski definition) is 7. The minimum Gasteiger partial charge on any atom is -0.461 e. The normalized spacial score (nSPS) is 13.4. The van der Waals surface area contributed by atoms with Crippen molar-refractivity contribution in [1.82, 2.24) is 29.3 Å². The topological polar surface area (TPSA) is 108 Å². The zero-order valence-electron chi connectivity index (χ0n) is 24.2. The van der Waals surface area contributed by atoms with Crippen molar-refractivity contribution >= 4 is 28.5 Å². The summed E-state index contributed by atoms with van der Waals surface area (Å²) in [5.41, 5.74) is 2.17. The van der Waals surface area contributed by atoms with Gasteiger partial charge in [-0.15, -0.1) is 0 Å². The minimum atomic E-state index is -4.69. The number of anilines is 1. The molecule has 0 bridgehead atoms. The highest BCUT2D eigenvalue weighted by atomic mass is 19.4. The number of aryl methyl sites for hydroxylation is 2. The van der Waals surface area contributed by atoms with Gasteiger partial charge < -0.3 is 14.2 Å². The largest absolute Gasteiger partial charge is 0.461 e. The Hall–Kier alpha value is -5.07. The number of alkyl halides is 3. The number of nitrogens with zero attached hydrogens (tertiary/aromatic N) is 7. The number of rotatable bonds is 7. The van der Waals surface area contributed by atoms with Crippen molar-refractivity contribution in [2.75, 3.05) is 18.1 Å². The van der Waals surface area contributed by atoms with Crippen LogP contribution in [0.3, 0.4) is 0 Å². The summed E-state index contributed by atoms with van der Waals surface area (Å²) in [7, 11) is 1.44. The fourth-order valence-corrected chi connectivity index (χ4v) is 5.66. The first-order valence-corrected chi connectivity index (χ1v) is 14.1. The van der Waals surface area contributed by atoms with Gasteiger partial charge >= 0.3 is 12.1 Å². The van der Waals surface area contributed by atoms with Gasteiger partial charge in [-0.05, 0) is 60.7 Å². The molecule has 0 spiro atoms. The number of aromatic nitrogens is 6. The van der Waals surface area contributed by atoms with Crippen molar-refractivity contribution in [3.63, 3.8) is 0 Å². The van der Waals surface area contributed by atoms with Crippen molar-refractivity contribution in [2.45, 2.75) is 39.4 Å². The minimum absolute atomic E-state index is 0.0640. The third kappa shape index (κ3) is 5.18. The van der Waals surface area contributed by atoms with Gasteiger partial charge in [0.1, 0.15) is 5.52 Å². The summed E-state index contributed by atoms with van der Waals surface area (Å²) in [5, 5.41) is 4.27. The maximum atomic E-state index is 14.3. The molecule has 5 heterocycles. The van der Waals surface area contributed by atoms with Gasteiger partial charge in [0.05, 0.1) is 18.6 Å².